The summed E-state index contributed by atoms with van der Waals surface area (Å²) < 4.78 is 26.4. The molecule has 0 aliphatic carbocycles. The molecule has 0 bridgehead atoms. The second-order valence-electron chi connectivity index (χ2n) is 5.81. The van der Waals surface area contributed by atoms with E-state index in [0.717, 1.165) is 12.1 Å². The number of hydrogen-bond acceptors (Lipinski definition) is 3. The first-order valence-electron chi connectivity index (χ1n) is 8.00. The maximum absolute atomic E-state index is 13.3. The molecule has 1 fully saturated rings. The smallest absolute Gasteiger partial charge is 0.255 e. The van der Waals surface area contributed by atoms with Crippen molar-refractivity contribution in [2.75, 3.05) is 26.2 Å². The highest BCUT2D eigenvalue weighted by molar-refractivity contribution is 5.95. The first-order chi connectivity index (χ1) is 12.1. The molecular weight excluding hydrogens is 328 g/mol. The molecule has 1 aliphatic rings. The highest BCUT2D eigenvalue weighted by Crippen LogP contribution is 2.14. The van der Waals surface area contributed by atoms with E-state index in [1.807, 2.05) is 0 Å². The van der Waals surface area contributed by atoms with Crippen molar-refractivity contribution < 1.29 is 18.4 Å². The minimum absolute atomic E-state index is 0.103. The Morgan fingerprint density at radius 3 is 2.16 bits per heavy atom. The Hall–Kier alpha value is -2.83. The quantitative estimate of drug-likeness (QED) is 0.840. The van der Waals surface area contributed by atoms with Gasteiger partial charge in [-0.25, -0.2) is 8.78 Å². The largest absolute Gasteiger partial charge is 0.337 e. The first-order valence-corrected chi connectivity index (χ1v) is 8.00. The zero-order valence-corrected chi connectivity index (χ0v) is 13.5. The summed E-state index contributed by atoms with van der Waals surface area (Å²) in [7, 11) is 0. The Kier molecular flexibility index (Phi) is 5.02. The fourth-order valence-corrected chi connectivity index (χ4v) is 2.81. The molecule has 3 rings (SSSR count). The summed E-state index contributed by atoms with van der Waals surface area (Å²) in [4.78, 5) is 32.1. The molecule has 1 aromatic carbocycles. The van der Waals surface area contributed by atoms with Crippen LogP contribution in [0.15, 0.2) is 42.7 Å². The van der Waals surface area contributed by atoms with Gasteiger partial charge in [-0.3, -0.25) is 14.6 Å². The predicted octanol–water partition coefficient (Wildman–Crippen LogP) is 2.35. The van der Waals surface area contributed by atoms with Gasteiger partial charge in [0.25, 0.3) is 11.8 Å². The number of rotatable bonds is 2. The number of hydrogen-bond donors (Lipinski definition) is 0. The standard InChI is InChI=1S/C18H17F2N3O2/c19-15-5-4-13(11-16(15)20)17(24)22-7-2-8-23(10-9-22)18(25)14-3-1-6-21-12-14/h1,3-6,11-12H,2,7-10H2. The zero-order valence-electron chi connectivity index (χ0n) is 13.5. The van der Waals surface area contributed by atoms with Crippen LogP contribution in [0.1, 0.15) is 27.1 Å². The zero-order chi connectivity index (χ0) is 17.8. The van der Waals surface area contributed by atoms with Crippen LogP contribution in [0.5, 0.6) is 0 Å². The summed E-state index contributed by atoms with van der Waals surface area (Å²) >= 11 is 0. The lowest BCUT2D eigenvalue weighted by Gasteiger charge is -2.22. The highest BCUT2D eigenvalue weighted by Gasteiger charge is 2.24. The number of aromatic nitrogens is 1. The Morgan fingerprint density at radius 2 is 1.56 bits per heavy atom. The van der Waals surface area contributed by atoms with E-state index >= 15 is 0 Å². The number of carbonyl (C=O) groups excluding carboxylic acids is 2. The van der Waals surface area contributed by atoms with Crippen LogP contribution in [0.4, 0.5) is 8.78 Å². The van der Waals surface area contributed by atoms with Gasteiger partial charge in [-0.1, -0.05) is 0 Å². The van der Waals surface area contributed by atoms with Crippen LogP contribution in [0.25, 0.3) is 0 Å². The minimum Gasteiger partial charge on any atom is -0.337 e. The molecule has 5 nitrogen and oxygen atoms in total. The molecule has 0 N–H and O–H groups in total. The Labute approximate surface area is 143 Å². The van der Waals surface area contributed by atoms with Gasteiger partial charge in [0.1, 0.15) is 0 Å². The number of carbonyl (C=O) groups is 2. The number of pyridine rings is 1. The molecule has 0 saturated carbocycles. The van der Waals surface area contributed by atoms with Gasteiger partial charge >= 0.3 is 0 Å². The third-order valence-electron chi connectivity index (χ3n) is 4.15. The molecule has 1 saturated heterocycles. The summed E-state index contributed by atoms with van der Waals surface area (Å²) in [6.45, 7) is 1.69. The Bertz CT molecular complexity index is 783. The van der Waals surface area contributed by atoms with E-state index in [4.69, 9.17) is 0 Å². The maximum Gasteiger partial charge on any atom is 0.255 e. The van der Waals surface area contributed by atoms with Crippen molar-refractivity contribution in [1.82, 2.24) is 14.8 Å². The van der Waals surface area contributed by atoms with Crippen LogP contribution >= 0.6 is 0 Å². The fourth-order valence-electron chi connectivity index (χ4n) is 2.81. The van der Waals surface area contributed by atoms with Gasteiger partial charge in [0.05, 0.1) is 5.56 Å². The molecular formula is C18H17F2N3O2. The second-order valence-corrected chi connectivity index (χ2v) is 5.81. The van der Waals surface area contributed by atoms with Gasteiger partial charge in [0.15, 0.2) is 11.6 Å². The van der Waals surface area contributed by atoms with E-state index in [9.17, 15) is 18.4 Å². The molecule has 1 aromatic heterocycles. The number of halogens is 2. The molecule has 2 amide bonds. The molecule has 130 valence electrons. The van der Waals surface area contributed by atoms with Gasteiger partial charge in [-0.2, -0.15) is 0 Å². The first kappa shape index (κ1) is 17.0. The van der Waals surface area contributed by atoms with E-state index in [-0.39, 0.29) is 17.4 Å². The molecule has 7 heteroatoms. The van der Waals surface area contributed by atoms with Crippen molar-refractivity contribution in [1.29, 1.82) is 0 Å². The van der Waals surface area contributed by atoms with E-state index in [1.165, 1.54) is 12.3 Å². The monoisotopic (exact) mass is 345 g/mol. The third-order valence-corrected chi connectivity index (χ3v) is 4.15. The summed E-state index contributed by atoms with van der Waals surface area (Å²) in [5, 5.41) is 0. The van der Waals surface area contributed by atoms with E-state index in [2.05, 4.69) is 4.98 Å². The lowest BCUT2D eigenvalue weighted by atomic mass is 10.2. The lowest BCUT2D eigenvalue weighted by molar-refractivity contribution is 0.0718. The molecule has 2 aromatic rings. The summed E-state index contributed by atoms with van der Waals surface area (Å²) in [6, 6.07) is 6.51. The number of amides is 2. The van der Waals surface area contributed by atoms with Gasteiger partial charge in [-0.05, 0) is 36.8 Å². The van der Waals surface area contributed by atoms with Crippen molar-refractivity contribution in [3.63, 3.8) is 0 Å². The number of nitrogens with zero attached hydrogens (tertiary/aromatic N) is 3. The molecule has 0 radical (unpaired) electrons. The Morgan fingerprint density at radius 1 is 0.880 bits per heavy atom. The minimum atomic E-state index is -1.05. The van der Waals surface area contributed by atoms with Gasteiger partial charge in [0, 0.05) is 44.1 Å². The molecule has 2 heterocycles. The van der Waals surface area contributed by atoms with E-state index in [0.29, 0.717) is 38.2 Å². The predicted molar refractivity (Wildman–Crippen MR) is 87.0 cm³/mol. The summed E-state index contributed by atoms with van der Waals surface area (Å²) in [6.07, 6.45) is 3.72. The molecule has 25 heavy (non-hydrogen) atoms. The van der Waals surface area contributed by atoms with Crippen LogP contribution in [-0.4, -0.2) is 52.8 Å². The summed E-state index contributed by atoms with van der Waals surface area (Å²) in [5.74, 6) is -2.53. The van der Waals surface area contributed by atoms with Crippen LogP contribution in [-0.2, 0) is 0 Å². The lowest BCUT2D eigenvalue weighted by Crippen LogP contribution is -2.37. The van der Waals surface area contributed by atoms with Crippen LogP contribution in [0.3, 0.4) is 0 Å². The van der Waals surface area contributed by atoms with Crippen LogP contribution < -0.4 is 0 Å². The van der Waals surface area contributed by atoms with Crippen molar-refractivity contribution in [3.8, 4) is 0 Å². The highest BCUT2D eigenvalue weighted by atomic mass is 19.2. The maximum atomic E-state index is 13.3. The van der Waals surface area contributed by atoms with Crippen molar-refractivity contribution in [2.24, 2.45) is 0 Å². The van der Waals surface area contributed by atoms with E-state index < -0.39 is 11.6 Å². The normalized spacial score (nSPS) is 15.0. The number of benzene rings is 1. The van der Waals surface area contributed by atoms with Crippen LogP contribution in [0, 0.1) is 11.6 Å². The molecule has 1 aliphatic heterocycles. The topological polar surface area (TPSA) is 53.5 Å². The second kappa shape index (κ2) is 7.38. The molecule has 0 atom stereocenters. The van der Waals surface area contributed by atoms with Gasteiger partial charge < -0.3 is 9.80 Å². The van der Waals surface area contributed by atoms with E-state index in [1.54, 1.807) is 28.1 Å². The van der Waals surface area contributed by atoms with Crippen molar-refractivity contribution in [3.05, 3.63) is 65.5 Å². The Balaban J connectivity index is 1.68. The van der Waals surface area contributed by atoms with Crippen molar-refractivity contribution in [2.45, 2.75) is 6.42 Å². The third kappa shape index (κ3) is 3.81. The summed E-state index contributed by atoms with van der Waals surface area (Å²) in [5.41, 5.74) is 0.605. The molecule has 0 spiro atoms. The molecule has 0 unspecified atom stereocenters. The van der Waals surface area contributed by atoms with Crippen LogP contribution in [0.2, 0.25) is 0 Å². The van der Waals surface area contributed by atoms with Gasteiger partial charge in [-0.15, -0.1) is 0 Å². The van der Waals surface area contributed by atoms with Gasteiger partial charge in [0.2, 0.25) is 0 Å². The SMILES string of the molecule is O=C(c1cccnc1)N1CCCN(C(=O)c2ccc(F)c(F)c2)CC1. The average molecular weight is 345 g/mol. The average Bonchev–Trinajstić information content (AvgIpc) is 2.89. The fraction of sp³-hybridized carbons (Fsp3) is 0.278. The van der Waals surface area contributed by atoms with Crippen molar-refractivity contribution >= 4 is 11.8 Å².